The SMILES string of the molecule is COc1ccccc1[C@H](C)NC(=O)[C@@H]1CCCN(S(=O)(=O)c2ccccc2)C1. The Morgan fingerprint density at radius 3 is 2.54 bits per heavy atom. The molecule has 1 N–H and O–H groups in total. The largest absolute Gasteiger partial charge is 0.496 e. The van der Waals surface area contributed by atoms with Crippen molar-refractivity contribution in [1.29, 1.82) is 0 Å². The first-order valence-corrected chi connectivity index (χ1v) is 10.9. The number of benzene rings is 2. The molecule has 2 aromatic rings. The molecule has 0 aromatic heterocycles. The Morgan fingerprint density at radius 2 is 1.82 bits per heavy atom. The molecule has 0 bridgehead atoms. The van der Waals surface area contributed by atoms with Crippen molar-refractivity contribution in [1.82, 2.24) is 9.62 Å². The van der Waals surface area contributed by atoms with Crippen LogP contribution < -0.4 is 10.1 Å². The molecule has 1 aliphatic rings. The van der Waals surface area contributed by atoms with E-state index in [0.717, 1.165) is 5.56 Å². The van der Waals surface area contributed by atoms with Crippen molar-refractivity contribution < 1.29 is 17.9 Å². The van der Waals surface area contributed by atoms with Gasteiger partial charge in [-0.2, -0.15) is 4.31 Å². The first-order chi connectivity index (χ1) is 13.4. The summed E-state index contributed by atoms with van der Waals surface area (Å²) < 4.78 is 32.5. The second kappa shape index (κ2) is 8.75. The molecule has 0 saturated carbocycles. The van der Waals surface area contributed by atoms with E-state index in [-0.39, 0.29) is 29.3 Å². The smallest absolute Gasteiger partial charge is 0.243 e. The lowest BCUT2D eigenvalue weighted by Crippen LogP contribution is -2.45. The number of piperidine rings is 1. The molecule has 1 aliphatic heterocycles. The number of nitrogens with zero attached hydrogens (tertiary/aromatic N) is 1. The van der Waals surface area contributed by atoms with Gasteiger partial charge in [0.1, 0.15) is 5.75 Å². The van der Waals surface area contributed by atoms with E-state index in [1.165, 1.54) is 4.31 Å². The first-order valence-electron chi connectivity index (χ1n) is 9.42. The standard InChI is InChI=1S/C21H26N2O4S/c1-16(19-12-6-7-13-20(19)27-2)22-21(24)17-9-8-14-23(15-17)28(25,26)18-10-4-3-5-11-18/h3-7,10-13,16-17H,8-9,14-15H2,1-2H3,(H,22,24)/t16-,17+/m0/s1. The number of hydrogen-bond acceptors (Lipinski definition) is 4. The maximum Gasteiger partial charge on any atom is 0.243 e. The van der Waals surface area contributed by atoms with E-state index in [4.69, 9.17) is 4.74 Å². The fourth-order valence-corrected chi connectivity index (χ4v) is 5.09. The van der Waals surface area contributed by atoms with Crippen LogP contribution in [0.1, 0.15) is 31.4 Å². The topological polar surface area (TPSA) is 75.7 Å². The number of amides is 1. The molecule has 1 heterocycles. The van der Waals surface area contributed by atoms with Crippen molar-refractivity contribution in [3.8, 4) is 5.75 Å². The van der Waals surface area contributed by atoms with Crippen molar-refractivity contribution in [2.24, 2.45) is 5.92 Å². The number of sulfonamides is 1. The fraction of sp³-hybridized carbons (Fsp3) is 0.381. The highest BCUT2D eigenvalue weighted by Crippen LogP contribution is 2.27. The minimum Gasteiger partial charge on any atom is -0.496 e. The molecule has 1 fully saturated rings. The third-order valence-corrected chi connectivity index (χ3v) is 6.98. The molecule has 0 spiro atoms. The quantitative estimate of drug-likeness (QED) is 0.806. The predicted octanol–water partition coefficient (Wildman–Crippen LogP) is 2.97. The van der Waals surface area contributed by atoms with E-state index in [1.807, 2.05) is 31.2 Å². The zero-order valence-corrected chi connectivity index (χ0v) is 17.0. The van der Waals surface area contributed by atoms with E-state index < -0.39 is 10.0 Å². The molecule has 0 aliphatic carbocycles. The zero-order chi connectivity index (χ0) is 20.1. The monoisotopic (exact) mass is 402 g/mol. The third-order valence-electron chi connectivity index (χ3n) is 5.10. The fourth-order valence-electron chi connectivity index (χ4n) is 3.55. The van der Waals surface area contributed by atoms with Crippen molar-refractivity contribution >= 4 is 15.9 Å². The molecule has 0 radical (unpaired) electrons. The maximum absolute atomic E-state index is 12.9. The van der Waals surface area contributed by atoms with E-state index in [9.17, 15) is 13.2 Å². The summed E-state index contributed by atoms with van der Waals surface area (Å²) in [5, 5.41) is 3.01. The third kappa shape index (κ3) is 4.36. The van der Waals surface area contributed by atoms with Gasteiger partial charge in [0, 0.05) is 18.7 Å². The van der Waals surface area contributed by atoms with Gasteiger partial charge in [0.05, 0.1) is 24.0 Å². The van der Waals surface area contributed by atoms with Gasteiger partial charge in [0.2, 0.25) is 15.9 Å². The van der Waals surface area contributed by atoms with Crippen LogP contribution in [0.5, 0.6) is 5.75 Å². The van der Waals surface area contributed by atoms with Crippen LogP contribution in [0.25, 0.3) is 0 Å². The van der Waals surface area contributed by atoms with Crippen molar-refractivity contribution in [3.05, 3.63) is 60.2 Å². The number of para-hydroxylation sites is 1. The van der Waals surface area contributed by atoms with E-state index >= 15 is 0 Å². The highest BCUT2D eigenvalue weighted by Gasteiger charge is 2.33. The van der Waals surface area contributed by atoms with Gasteiger partial charge >= 0.3 is 0 Å². The summed E-state index contributed by atoms with van der Waals surface area (Å²) in [7, 11) is -1.99. The number of ether oxygens (including phenoxy) is 1. The maximum atomic E-state index is 12.9. The van der Waals surface area contributed by atoms with E-state index in [0.29, 0.717) is 25.1 Å². The molecule has 6 nitrogen and oxygen atoms in total. The summed E-state index contributed by atoms with van der Waals surface area (Å²) in [6.07, 6.45) is 1.33. The summed E-state index contributed by atoms with van der Waals surface area (Å²) in [6.45, 7) is 2.53. The summed E-state index contributed by atoms with van der Waals surface area (Å²) >= 11 is 0. The lowest BCUT2D eigenvalue weighted by Gasteiger charge is -2.32. The van der Waals surface area contributed by atoms with Gasteiger partial charge in [0.25, 0.3) is 0 Å². The Balaban J connectivity index is 1.69. The molecule has 0 unspecified atom stereocenters. The molecule has 150 valence electrons. The van der Waals surface area contributed by atoms with Gasteiger partial charge in [-0.05, 0) is 38.0 Å². The van der Waals surface area contributed by atoms with Gasteiger partial charge in [-0.15, -0.1) is 0 Å². The predicted molar refractivity (Wildman–Crippen MR) is 107 cm³/mol. The Morgan fingerprint density at radius 1 is 1.14 bits per heavy atom. The van der Waals surface area contributed by atoms with Crippen LogP contribution >= 0.6 is 0 Å². The van der Waals surface area contributed by atoms with Crippen molar-refractivity contribution in [3.63, 3.8) is 0 Å². The van der Waals surface area contributed by atoms with Gasteiger partial charge in [-0.3, -0.25) is 4.79 Å². The Bertz CT molecular complexity index is 915. The zero-order valence-electron chi connectivity index (χ0n) is 16.2. The second-order valence-electron chi connectivity index (χ2n) is 6.99. The Labute approximate surface area is 166 Å². The Hall–Kier alpha value is -2.38. The molecular weight excluding hydrogens is 376 g/mol. The number of hydrogen-bond donors (Lipinski definition) is 1. The molecule has 7 heteroatoms. The normalized spacial score (nSPS) is 19.0. The number of rotatable bonds is 6. The average Bonchev–Trinajstić information content (AvgIpc) is 2.74. The number of carbonyl (C=O) groups excluding carboxylic acids is 1. The van der Waals surface area contributed by atoms with Crippen LogP contribution in [-0.4, -0.2) is 38.8 Å². The Kier molecular flexibility index (Phi) is 6.36. The van der Waals surface area contributed by atoms with Crippen LogP contribution in [0.4, 0.5) is 0 Å². The highest BCUT2D eigenvalue weighted by molar-refractivity contribution is 7.89. The van der Waals surface area contributed by atoms with Crippen LogP contribution in [0.15, 0.2) is 59.5 Å². The number of methoxy groups -OCH3 is 1. The van der Waals surface area contributed by atoms with E-state index in [2.05, 4.69) is 5.32 Å². The summed E-state index contributed by atoms with van der Waals surface area (Å²) in [4.78, 5) is 13.1. The molecular formula is C21H26N2O4S. The second-order valence-corrected chi connectivity index (χ2v) is 8.93. The van der Waals surface area contributed by atoms with Gasteiger partial charge in [0.15, 0.2) is 0 Å². The molecule has 1 amide bonds. The lowest BCUT2D eigenvalue weighted by molar-refractivity contribution is -0.126. The van der Waals surface area contributed by atoms with Crippen LogP contribution in [0.2, 0.25) is 0 Å². The summed E-state index contributed by atoms with van der Waals surface area (Å²) in [5.74, 6) is 0.211. The number of carbonyl (C=O) groups is 1. The van der Waals surface area contributed by atoms with Crippen molar-refractivity contribution in [2.45, 2.75) is 30.7 Å². The summed E-state index contributed by atoms with van der Waals surface area (Å²) in [5.41, 5.74) is 0.892. The minimum atomic E-state index is -3.59. The van der Waals surface area contributed by atoms with Crippen molar-refractivity contribution in [2.75, 3.05) is 20.2 Å². The van der Waals surface area contributed by atoms with Crippen LogP contribution in [0.3, 0.4) is 0 Å². The van der Waals surface area contributed by atoms with Gasteiger partial charge in [-0.25, -0.2) is 8.42 Å². The highest BCUT2D eigenvalue weighted by atomic mass is 32.2. The first kappa shape index (κ1) is 20.4. The van der Waals surface area contributed by atoms with Crippen LogP contribution in [-0.2, 0) is 14.8 Å². The van der Waals surface area contributed by atoms with Gasteiger partial charge in [-0.1, -0.05) is 36.4 Å². The van der Waals surface area contributed by atoms with Gasteiger partial charge < -0.3 is 10.1 Å². The minimum absolute atomic E-state index is 0.133. The van der Waals surface area contributed by atoms with Crippen LogP contribution in [0, 0.1) is 5.92 Å². The molecule has 3 rings (SSSR count). The number of nitrogens with one attached hydrogen (secondary N) is 1. The lowest BCUT2D eigenvalue weighted by atomic mass is 9.97. The average molecular weight is 403 g/mol. The molecule has 2 aromatic carbocycles. The molecule has 1 saturated heterocycles. The summed E-state index contributed by atoms with van der Waals surface area (Å²) in [6, 6.07) is 15.7. The molecule has 2 atom stereocenters. The molecule has 28 heavy (non-hydrogen) atoms. The van der Waals surface area contributed by atoms with E-state index in [1.54, 1.807) is 37.4 Å².